The van der Waals surface area contributed by atoms with E-state index in [4.69, 9.17) is 4.84 Å². The van der Waals surface area contributed by atoms with Gasteiger partial charge in [-0.05, 0) is 18.1 Å². The van der Waals surface area contributed by atoms with Gasteiger partial charge < -0.3 is 9.88 Å². The van der Waals surface area contributed by atoms with Crippen molar-refractivity contribution in [3.63, 3.8) is 0 Å². The maximum Gasteiger partial charge on any atom is 0.331 e. The first-order valence-electron chi connectivity index (χ1n) is 10.9. The lowest BCUT2D eigenvalue weighted by Gasteiger charge is -2.15. The monoisotopic (exact) mass is 484 g/mol. The van der Waals surface area contributed by atoms with Crippen LogP contribution in [0.5, 0.6) is 0 Å². The smallest absolute Gasteiger partial charge is 0.331 e. The first-order chi connectivity index (χ1) is 16.2. The minimum absolute atomic E-state index is 0.165. The van der Waals surface area contributed by atoms with Crippen LogP contribution in [-0.2, 0) is 25.0 Å². The molecule has 0 fully saturated rings. The molecule has 11 heteroatoms. The molecule has 0 saturated heterocycles. The van der Waals surface area contributed by atoms with Crippen LogP contribution in [0.25, 0.3) is 21.3 Å². The Morgan fingerprint density at radius 1 is 1.24 bits per heavy atom. The Kier molecular flexibility index (Phi) is 6.32. The summed E-state index contributed by atoms with van der Waals surface area (Å²) in [7, 11) is 6.11. The number of thiophene rings is 1. The van der Waals surface area contributed by atoms with Crippen molar-refractivity contribution in [3.05, 3.63) is 55.5 Å². The number of carbonyl (C=O) groups excluding carboxylic acids is 1. The summed E-state index contributed by atoms with van der Waals surface area (Å²) in [6.07, 6.45) is 0. The largest absolute Gasteiger partial charge is 0.359 e. The summed E-state index contributed by atoms with van der Waals surface area (Å²) in [5.41, 5.74) is 1.03. The summed E-state index contributed by atoms with van der Waals surface area (Å²) in [5, 5.41) is 4.42. The maximum atomic E-state index is 13.4. The van der Waals surface area contributed by atoms with Crippen LogP contribution in [0.4, 0.5) is 5.95 Å². The number of carbonyl (C=O) groups is 1. The predicted octanol–water partition coefficient (Wildman–Crippen LogP) is 2.49. The SMILES string of the molecule is CNc1nc2ccccc2n1Cc1sc2c(c1C(=O)N(C)OC)c(=O)n(C)c(=O)n2CC(C)C. The van der Waals surface area contributed by atoms with Gasteiger partial charge in [-0.25, -0.2) is 14.8 Å². The number of benzene rings is 1. The third-order valence-corrected chi connectivity index (χ3v) is 6.94. The second kappa shape index (κ2) is 9.07. The first kappa shape index (κ1) is 23.7. The molecule has 1 aromatic carbocycles. The van der Waals surface area contributed by atoms with Crippen molar-refractivity contribution < 1.29 is 9.63 Å². The Morgan fingerprint density at radius 2 is 1.94 bits per heavy atom. The number of hydroxylamine groups is 2. The standard InChI is InChI=1S/C23H28N6O4S/c1-13(2)11-29-21-18(19(30)26(4)23(29)32)17(20(31)27(5)33-6)16(34-21)12-28-15-10-8-7-9-14(15)25-22(28)24-3/h7-10,13H,11-12H2,1-6H3,(H,24,25). The Labute approximate surface area is 200 Å². The molecule has 0 aliphatic heterocycles. The molecule has 0 spiro atoms. The zero-order valence-electron chi connectivity index (χ0n) is 20.1. The molecule has 0 bridgehead atoms. The van der Waals surface area contributed by atoms with Crippen LogP contribution in [0, 0.1) is 5.92 Å². The highest BCUT2D eigenvalue weighted by Crippen LogP contribution is 2.32. The quantitative estimate of drug-likeness (QED) is 0.404. The van der Waals surface area contributed by atoms with Crippen LogP contribution in [0.2, 0.25) is 0 Å². The summed E-state index contributed by atoms with van der Waals surface area (Å²) in [5.74, 6) is 0.342. The average Bonchev–Trinajstić information content (AvgIpc) is 3.38. The van der Waals surface area contributed by atoms with E-state index in [0.717, 1.165) is 20.7 Å². The molecule has 3 aromatic heterocycles. The number of aromatic nitrogens is 4. The van der Waals surface area contributed by atoms with Crippen molar-refractivity contribution in [2.24, 2.45) is 13.0 Å². The van der Waals surface area contributed by atoms with Crippen molar-refractivity contribution in [2.75, 3.05) is 26.5 Å². The average molecular weight is 485 g/mol. The van der Waals surface area contributed by atoms with Crippen molar-refractivity contribution in [1.29, 1.82) is 0 Å². The Balaban J connectivity index is 2.06. The fraction of sp³-hybridized carbons (Fsp3) is 0.391. The van der Waals surface area contributed by atoms with Crippen LogP contribution < -0.4 is 16.6 Å². The number of hydrogen-bond acceptors (Lipinski definition) is 7. The summed E-state index contributed by atoms with van der Waals surface area (Å²) >= 11 is 1.28. The summed E-state index contributed by atoms with van der Waals surface area (Å²) in [6, 6.07) is 7.70. The van der Waals surface area contributed by atoms with E-state index < -0.39 is 17.2 Å². The molecule has 0 aliphatic rings. The van der Waals surface area contributed by atoms with Crippen LogP contribution in [-0.4, -0.2) is 50.9 Å². The summed E-state index contributed by atoms with van der Waals surface area (Å²) < 4.78 is 4.61. The van der Waals surface area contributed by atoms with E-state index in [-0.39, 0.29) is 23.4 Å². The van der Waals surface area contributed by atoms with Crippen molar-refractivity contribution in [1.82, 2.24) is 23.7 Å². The molecule has 1 N–H and O–H groups in total. The minimum atomic E-state index is -0.500. The van der Waals surface area contributed by atoms with Gasteiger partial charge >= 0.3 is 5.69 Å². The second-order valence-electron chi connectivity index (χ2n) is 8.48. The van der Waals surface area contributed by atoms with Gasteiger partial charge in [0.15, 0.2) is 0 Å². The fourth-order valence-corrected chi connectivity index (χ4v) is 5.32. The number of imidazole rings is 1. The Bertz CT molecular complexity index is 1510. The number of nitrogens with one attached hydrogen (secondary N) is 1. The third-order valence-electron chi connectivity index (χ3n) is 5.75. The van der Waals surface area contributed by atoms with Gasteiger partial charge in [0.25, 0.3) is 11.5 Å². The number of amides is 1. The van der Waals surface area contributed by atoms with Crippen molar-refractivity contribution >= 4 is 44.4 Å². The van der Waals surface area contributed by atoms with Crippen LogP contribution in [0.15, 0.2) is 33.9 Å². The molecule has 3 heterocycles. The maximum absolute atomic E-state index is 13.4. The lowest BCUT2D eigenvalue weighted by Crippen LogP contribution is -2.39. The van der Waals surface area contributed by atoms with Gasteiger partial charge in [-0.15, -0.1) is 11.3 Å². The lowest BCUT2D eigenvalue weighted by atomic mass is 10.1. The normalized spacial score (nSPS) is 11.6. The molecule has 4 rings (SSSR count). The van der Waals surface area contributed by atoms with E-state index in [2.05, 4.69) is 10.3 Å². The van der Waals surface area contributed by atoms with Crippen molar-refractivity contribution in [3.8, 4) is 0 Å². The second-order valence-corrected chi connectivity index (χ2v) is 9.56. The summed E-state index contributed by atoms with van der Waals surface area (Å²) in [4.78, 5) is 50.6. The molecule has 0 atom stereocenters. The number of fused-ring (bicyclic) bond motifs is 2. The first-order valence-corrected chi connectivity index (χ1v) is 11.7. The van der Waals surface area contributed by atoms with E-state index in [0.29, 0.717) is 22.2 Å². The molecular formula is C23H28N6O4S. The molecule has 0 unspecified atom stereocenters. The fourth-order valence-electron chi connectivity index (χ4n) is 4.05. The number of rotatable bonds is 7. The zero-order valence-corrected chi connectivity index (χ0v) is 20.9. The molecule has 1 amide bonds. The van der Waals surface area contributed by atoms with Gasteiger partial charge in [0.05, 0.1) is 35.6 Å². The highest BCUT2D eigenvalue weighted by atomic mass is 32.1. The number of para-hydroxylation sites is 2. The lowest BCUT2D eigenvalue weighted by molar-refractivity contribution is -0.0756. The predicted molar refractivity (Wildman–Crippen MR) is 134 cm³/mol. The number of hydrogen-bond donors (Lipinski definition) is 1. The molecule has 0 aliphatic carbocycles. The molecule has 180 valence electrons. The van der Waals surface area contributed by atoms with Crippen LogP contribution >= 0.6 is 11.3 Å². The highest BCUT2D eigenvalue weighted by molar-refractivity contribution is 7.19. The van der Waals surface area contributed by atoms with Gasteiger partial charge in [0.1, 0.15) is 4.83 Å². The van der Waals surface area contributed by atoms with E-state index in [1.54, 1.807) is 11.6 Å². The van der Waals surface area contributed by atoms with E-state index >= 15 is 0 Å². The molecule has 10 nitrogen and oxygen atoms in total. The minimum Gasteiger partial charge on any atom is -0.359 e. The summed E-state index contributed by atoms with van der Waals surface area (Å²) in [6.45, 7) is 4.71. The van der Waals surface area contributed by atoms with Crippen molar-refractivity contribution in [2.45, 2.75) is 26.9 Å². The van der Waals surface area contributed by atoms with Gasteiger partial charge in [-0.3, -0.25) is 23.6 Å². The topological polar surface area (TPSA) is 103 Å². The highest BCUT2D eigenvalue weighted by Gasteiger charge is 2.28. The van der Waals surface area contributed by atoms with E-state index in [1.807, 2.05) is 42.7 Å². The van der Waals surface area contributed by atoms with E-state index in [1.165, 1.54) is 32.5 Å². The number of anilines is 1. The molecule has 34 heavy (non-hydrogen) atoms. The van der Waals surface area contributed by atoms with Gasteiger partial charge in [0.2, 0.25) is 5.95 Å². The molecule has 0 saturated carbocycles. The molecular weight excluding hydrogens is 456 g/mol. The van der Waals surface area contributed by atoms with Crippen LogP contribution in [0.3, 0.4) is 0 Å². The molecule has 4 aromatic rings. The van der Waals surface area contributed by atoms with E-state index in [9.17, 15) is 14.4 Å². The van der Waals surface area contributed by atoms with Gasteiger partial charge in [-0.2, -0.15) is 0 Å². The van der Waals surface area contributed by atoms with Crippen LogP contribution in [0.1, 0.15) is 29.1 Å². The Hall–Kier alpha value is -3.44. The number of nitrogens with zero attached hydrogens (tertiary/aromatic N) is 5. The molecule has 0 radical (unpaired) electrons. The zero-order chi connectivity index (χ0) is 24.7. The van der Waals surface area contributed by atoms with Gasteiger partial charge in [0, 0.05) is 32.6 Å². The third kappa shape index (κ3) is 3.80. The Morgan fingerprint density at radius 3 is 2.59 bits per heavy atom. The van der Waals surface area contributed by atoms with Gasteiger partial charge in [-0.1, -0.05) is 26.0 Å².